The van der Waals surface area contributed by atoms with Gasteiger partial charge in [0.2, 0.25) is 0 Å². The fourth-order valence-electron chi connectivity index (χ4n) is 0.750. The van der Waals surface area contributed by atoms with Crippen LogP contribution in [0.1, 0.15) is 93.9 Å². The maximum absolute atomic E-state index is 8.68. The van der Waals surface area contributed by atoms with Crippen LogP contribution in [0.15, 0.2) is 0 Å². The zero-order valence-corrected chi connectivity index (χ0v) is 6.00. The van der Waals surface area contributed by atoms with E-state index in [1.807, 2.05) is 0 Å². The second kappa shape index (κ2) is 4.30. The molecule has 0 aromatic rings. The summed E-state index contributed by atoms with van der Waals surface area (Å²) < 4.78 is 178. The largest absolute Gasteiger partial charge is 0.0533 e. The van der Waals surface area contributed by atoms with Gasteiger partial charge in [-0.1, -0.05) is 63.7 Å². The fraction of sp³-hybridized carbons (Fsp3) is 1.00. The molecule has 2 saturated carbocycles. The van der Waals surface area contributed by atoms with Crippen LogP contribution >= 0.6 is 0 Å². The molecule has 70 valence electrons. The van der Waals surface area contributed by atoms with Crippen LogP contribution in [0, 0.1) is 11.8 Å². The number of hydrogen-bond donors (Lipinski definition) is 0. The molecular formula is C12H22. The molecule has 0 heterocycles. The molecule has 0 N–H and O–H groups in total. The molecular weight excluding hydrogens is 144 g/mol. The van der Waals surface area contributed by atoms with E-state index in [2.05, 4.69) is 0 Å². The van der Waals surface area contributed by atoms with E-state index in [4.69, 9.17) is 30.2 Å². The minimum Gasteiger partial charge on any atom is -0.0533 e. The summed E-state index contributed by atoms with van der Waals surface area (Å²) in [6, 6.07) is 0. The van der Waals surface area contributed by atoms with Crippen LogP contribution in [0.5, 0.6) is 0 Å². The first-order chi connectivity index (χ1) is 14.2. The minimum atomic E-state index is -4.75. The Morgan fingerprint density at radius 1 is 0.667 bits per heavy atom. The van der Waals surface area contributed by atoms with Crippen LogP contribution in [0.4, 0.5) is 0 Å². The molecule has 0 spiro atoms. The average molecular weight is 188 g/mol. The average Bonchev–Trinajstić information content (AvgIpc) is 2.63. The third-order valence-electron chi connectivity index (χ3n) is 1.25. The topological polar surface area (TPSA) is 0 Å². The summed E-state index contributed by atoms with van der Waals surface area (Å²) >= 11 is 0. The minimum absolute atomic E-state index is 4.12. The predicted octanol–water partition coefficient (Wildman–Crippen LogP) is 4.15. The van der Waals surface area contributed by atoms with Gasteiger partial charge in [-0.25, -0.2) is 0 Å². The second-order valence-electron chi connectivity index (χ2n) is 2.00. The van der Waals surface area contributed by atoms with Crippen molar-refractivity contribution >= 4 is 0 Å². The van der Waals surface area contributed by atoms with E-state index in [0.29, 0.717) is 0 Å². The normalized spacial score (nSPS) is 103. The molecule has 0 aliphatic heterocycles. The lowest BCUT2D eigenvalue weighted by Gasteiger charge is -2.32. The summed E-state index contributed by atoms with van der Waals surface area (Å²) in [6.45, 7) is 0. The van der Waals surface area contributed by atoms with Crippen LogP contribution in [-0.2, 0) is 0 Å². The third-order valence-corrected chi connectivity index (χ3v) is 1.25. The fourth-order valence-corrected chi connectivity index (χ4v) is 0.750. The summed E-state index contributed by atoms with van der Waals surface area (Å²) in [4.78, 5) is 0. The quantitative estimate of drug-likeness (QED) is 0.580. The van der Waals surface area contributed by atoms with Gasteiger partial charge in [-0.05, 0) is 11.8 Å². The Morgan fingerprint density at radius 2 is 1.00 bits per heavy atom. The molecule has 0 radical (unpaired) electrons. The summed E-state index contributed by atoms with van der Waals surface area (Å²) in [6.07, 6.45) is -43.4. The molecule has 2 rings (SSSR count). The predicted molar refractivity (Wildman–Crippen MR) is 53.2 cm³/mol. The highest BCUT2D eigenvalue weighted by Crippen LogP contribution is 2.37. The SMILES string of the molecule is [2H]C1([2H])C([2H])([2H])C([2H])([2H])C([2H])(C2([2H])C([2H])([2H])C([2H])([2H])C([2H])([2H])C([2H])([2H])C2([2H])[2H])C([2H])([2H])C1([2H])[2H]. The van der Waals surface area contributed by atoms with Crippen molar-refractivity contribution in [3.63, 3.8) is 0 Å². The molecule has 0 unspecified atom stereocenters. The van der Waals surface area contributed by atoms with Crippen molar-refractivity contribution in [2.75, 3.05) is 0 Å². The lowest BCUT2D eigenvalue weighted by Crippen LogP contribution is -2.20. The highest BCUT2D eigenvalue weighted by Gasteiger charge is 2.24. The van der Waals surface area contributed by atoms with Crippen molar-refractivity contribution in [2.45, 2.75) is 63.7 Å². The standard InChI is InChI=1S/C12H22/c1-3-7-11(8-4-1)12-9-5-2-6-10-12/h11-12H,1-10H2/i1D2,2D2,3D2,4D2,5D2,6D2,7D2,8D2,9D2,10D2,11D,12D. The molecule has 2 fully saturated rings. The third kappa shape index (κ3) is 2.02. The molecule has 0 heteroatoms. The van der Waals surface area contributed by atoms with Crippen LogP contribution in [0.2, 0.25) is 0 Å². The number of hydrogen-bond acceptors (Lipinski definition) is 0. The molecule has 2 aliphatic rings. The van der Waals surface area contributed by atoms with Crippen LogP contribution in [-0.4, -0.2) is 0 Å². The molecule has 0 saturated heterocycles. The summed E-state index contributed by atoms with van der Waals surface area (Å²) in [7, 11) is 0. The molecule has 2 aliphatic carbocycles. The van der Waals surface area contributed by atoms with Gasteiger partial charge >= 0.3 is 0 Å². The van der Waals surface area contributed by atoms with Gasteiger partial charge in [0.1, 0.15) is 0 Å². The van der Waals surface area contributed by atoms with Crippen molar-refractivity contribution in [3.8, 4) is 0 Å². The van der Waals surface area contributed by atoms with Crippen molar-refractivity contribution < 1.29 is 30.2 Å². The molecule has 0 amide bonds. The molecule has 0 atom stereocenters. The van der Waals surface area contributed by atoms with Gasteiger partial charge in [-0.15, -0.1) is 0 Å². The van der Waals surface area contributed by atoms with Gasteiger partial charge < -0.3 is 0 Å². The van der Waals surface area contributed by atoms with Crippen LogP contribution in [0.25, 0.3) is 0 Å². The van der Waals surface area contributed by atoms with Gasteiger partial charge in [0, 0.05) is 30.2 Å². The highest BCUT2D eigenvalue weighted by molar-refractivity contribution is 4.76. The van der Waals surface area contributed by atoms with E-state index in [1.165, 1.54) is 0 Å². The van der Waals surface area contributed by atoms with Gasteiger partial charge in [-0.3, -0.25) is 0 Å². The van der Waals surface area contributed by atoms with Gasteiger partial charge in [0.15, 0.2) is 0 Å². The van der Waals surface area contributed by atoms with Crippen molar-refractivity contribution in [3.05, 3.63) is 0 Å². The zero-order chi connectivity index (χ0) is 28.0. The Balaban J connectivity index is 3.27. The Hall–Kier alpha value is 0. The molecule has 0 aromatic heterocycles. The molecule has 0 nitrogen and oxygen atoms in total. The van der Waals surface area contributed by atoms with E-state index >= 15 is 0 Å². The first-order valence-electron chi connectivity index (χ1n) is 14.2. The first-order valence-corrected chi connectivity index (χ1v) is 3.25. The van der Waals surface area contributed by atoms with Crippen molar-refractivity contribution in [1.29, 1.82) is 0 Å². The Labute approximate surface area is 108 Å². The van der Waals surface area contributed by atoms with Gasteiger partial charge in [0.05, 0.1) is 0 Å². The Bertz CT molecular complexity index is 744. The van der Waals surface area contributed by atoms with Crippen LogP contribution in [0.3, 0.4) is 0 Å². The Kier molecular flexibility index (Phi) is 0.424. The molecule has 0 bridgehead atoms. The molecule has 0 aromatic carbocycles. The molecule has 12 heavy (non-hydrogen) atoms. The van der Waals surface area contributed by atoms with E-state index in [9.17, 15) is 0 Å². The van der Waals surface area contributed by atoms with E-state index in [1.54, 1.807) is 0 Å². The highest BCUT2D eigenvalue weighted by atomic mass is 14.3. The number of rotatable bonds is 1. The van der Waals surface area contributed by atoms with E-state index in [0.717, 1.165) is 0 Å². The van der Waals surface area contributed by atoms with Crippen molar-refractivity contribution in [2.24, 2.45) is 11.8 Å². The first kappa shape index (κ1) is 1.19. The lowest BCUT2D eigenvalue weighted by atomic mass is 9.73. The summed E-state index contributed by atoms with van der Waals surface area (Å²) in [5, 5.41) is 0. The maximum Gasteiger partial charge on any atom is 0.0306 e. The lowest BCUT2D eigenvalue weighted by molar-refractivity contribution is 0.196. The zero-order valence-electron chi connectivity index (χ0n) is 28.0. The van der Waals surface area contributed by atoms with E-state index < -0.39 is 75.5 Å². The smallest absolute Gasteiger partial charge is 0.0306 e. The summed E-state index contributed by atoms with van der Waals surface area (Å²) in [5.74, 6) is -9.51. The summed E-state index contributed by atoms with van der Waals surface area (Å²) in [5.41, 5.74) is 0. The van der Waals surface area contributed by atoms with Crippen molar-refractivity contribution in [1.82, 2.24) is 0 Å². The monoisotopic (exact) mass is 188 g/mol. The van der Waals surface area contributed by atoms with Gasteiger partial charge in [-0.2, -0.15) is 0 Å². The van der Waals surface area contributed by atoms with E-state index in [-0.39, 0.29) is 0 Å². The van der Waals surface area contributed by atoms with Gasteiger partial charge in [0.25, 0.3) is 0 Å². The van der Waals surface area contributed by atoms with Crippen LogP contribution < -0.4 is 0 Å². The Morgan fingerprint density at radius 3 is 1.33 bits per heavy atom. The maximum atomic E-state index is 8.68. The second-order valence-corrected chi connectivity index (χ2v) is 2.00.